The van der Waals surface area contributed by atoms with Gasteiger partial charge in [-0.15, -0.1) is 0 Å². The first-order valence-electron chi connectivity index (χ1n) is 11.8. The van der Waals surface area contributed by atoms with Crippen molar-refractivity contribution in [3.63, 3.8) is 0 Å². The molecule has 180 valence electrons. The van der Waals surface area contributed by atoms with Crippen LogP contribution in [0.3, 0.4) is 0 Å². The molecule has 3 fully saturated rings. The fourth-order valence-electron chi connectivity index (χ4n) is 6.00. The van der Waals surface area contributed by atoms with Crippen LogP contribution in [0.5, 0.6) is 0 Å². The van der Waals surface area contributed by atoms with Crippen LogP contribution < -0.4 is 0 Å². The predicted octanol–water partition coefficient (Wildman–Crippen LogP) is 3.57. The van der Waals surface area contributed by atoms with Gasteiger partial charge < -0.3 is 19.5 Å². The maximum atomic E-state index is 12.7. The van der Waals surface area contributed by atoms with E-state index in [9.17, 15) is 19.8 Å². The molecular formula is C24H35BN2O6. The van der Waals surface area contributed by atoms with Crippen molar-refractivity contribution < 1.29 is 29.1 Å². The molecular weight excluding hydrogens is 423 g/mol. The van der Waals surface area contributed by atoms with E-state index in [2.05, 4.69) is 4.90 Å². The minimum Gasteiger partial charge on any atom is -0.479 e. The highest BCUT2D eigenvalue weighted by molar-refractivity contribution is 6.45. The van der Waals surface area contributed by atoms with Gasteiger partial charge in [-0.1, -0.05) is 36.8 Å². The number of likely N-dealkylation sites (tertiary alicyclic amines) is 2. The number of nitrogens with zero attached hydrogens (tertiary/aromatic N) is 2. The zero-order chi connectivity index (χ0) is 24.1. The molecule has 0 aromatic heterocycles. The second kappa shape index (κ2) is 8.29. The molecule has 0 spiro atoms. The standard InChI is InChI=1S/C24H35BN2O6/c1-21(2)22(3,4)33-25(32-21)13-8-11-23-12-14-27(20(30)31)24(23,19(28)29)17-26(16-23)15-18-9-6-5-7-10-18/h5-7,9-10H,8,11-17H2,1-4H3,(H,28,29)(H,30,31)/t23-,24-/m1/s1. The van der Waals surface area contributed by atoms with Crippen LogP contribution in [-0.4, -0.2) is 75.6 Å². The summed E-state index contributed by atoms with van der Waals surface area (Å²) in [5.41, 5.74) is -1.81. The van der Waals surface area contributed by atoms with Gasteiger partial charge in [0.25, 0.3) is 0 Å². The average molecular weight is 458 g/mol. The summed E-state index contributed by atoms with van der Waals surface area (Å²) < 4.78 is 12.2. The molecule has 0 radical (unpaired) electrons. The quantitative estimate of drug-likeness (QED) is 0.603. The molecule has 2 atom stereocenters. The molecule has 33 heavy (non-hydrogen) atoms. The molecule has 0 bridgehead atoms. The Morgan fingerprint density at radius 1 is 1.03 bits per heavy atom. The topological polar surface area (TPSA) is 99.5 Å². The van der Waals surface area contributed by atoms with E-state index < -0.39 is 34.2 Å². The third-order valence-corrected chi connectivity index (χ3v) is 8.36. The lowest BCUT2D eigenvalue weighted by atomic mass is 9.67. The summed E-state index contributed by atoms with van der Waals surface area (Å²) in [6.07, 6.45) is 1.35. The van der Waals surface area contributed by atoms with Crippen molar-refractivity contribution in [2.75, 3.05) is 19.6 Å². The van der Waals surface area contributed by atoms with Crippen molar-refractivity contribution in [2.45, 2.75) is 76.6 Å². The van der Waals surface area contributed by atoms with Crippen molar-refractivity contribution in [2.24, 2.45) is 5.41 Å². The van der Waals surface area contributed by atoms with Crippen molar-refractivity contribution in [1.29, 1.82) is 0 Å². The van der Waals surface area contributed by atoms with Crippen molar-refractivity contribution >= 4 is 19.2 Å². The van der Waals surface area contributed by atoms with Crippen LogP contribution in [0.25, 0.3) is 0 Å². The van der Waals surface area contributed by atoms with Gasteiger partial charge in [-0.25, -0.2) is 9.59 Å². The monoisotopic (exact) mass is 458 g/mol. The zero-order valence-corrected chi connectivity index (χ0v) is 20.0. The SMILES string of the molecule is CC1(C)OB(CCC[C@]23CCN(C(=O)O)[C@@]2(C(=O)O)CN(Cc2ccccc2)C3)OC1(C)C. The van der Waals surface area contributed by atoms with E-state index in [4.69, 9.17) is 9.31 Å². The van der Waals surface area contributed by atoms with Gasteiger partial charge in [0.1, 0.15) is 0 Å². The number of amides is 1. The molecule has 3 heterocycles. The van der Waals surface area contributed by atoms with Crippen molar-refractivity contribution in [3.8, 4) is 0 Å². The van der Waals surface area contributed by atoms with E-state index in [0.29, 0.717) is 38.7 Å². The Labute approximate surface area is 196 Å². The number of fused-ring (bicyclic) bond motifs is 1. The van der Waals surface area contributed by atoms with Crippen LogP contribution in [0, 0.1) is 5.41 Å². The molecule has 0 aliphatic carbocycles. The van der Waals surface area contributed by atoms with E-state index >= 15 is 0 Å². The van der Waals surface area contributed by atoms with Crippen LogP contribution in [0.4, 0.5) is 4.79 Å². The second-order valence-corrected chi connectivity index (χ2v) is 10.8. The molecule has 3 saturated heterocycles. The molecule has 9 heteroatoms. The van der Waals surface area contributed by atoms with E-state index in [1.807, 2.05) is 58.0 Å². The Hall–Kier alpha value is -2.10. The number of rotatable bonds is 7. The summed E-state index contributed by atoms with van der Waals surface area (Å²) in [7, 11) is -0.343. The molecule has 0 saturated carbocycles. The molecule has 8 nitrogen and oxygen atoms in total. The fourth-order valence-corrected chi connectivity index (χ4v) is 6.00. The summed E-state index contributed by atoms with van der Waals surface area (Å²) >= 11 is 0. The minimum atomic E-state index is -1.44. The Morgan fingerprint density at radius 2 is 1.67 bits per heavy atom. The largest absolute Gasteiger partial charge is 0.479 e. The lowest BCUT2D eigenvalue weighted by Crippen LogP contribution is -2.61. The fraction of sp³-hybridized carbons (Fsp3) is 0.667. The van der Waals surface area contributed by atoms with Crippen LogP contribution in [-0.2, 0) is 20.6 Å². The molecule has 2 N–H and O–H groups in total. The Kier molecular flexibility index (Phi) is 6.04. The highest BCUT2D eigenvalue weighted by Gasteiger charge is 2.69. The number of carboxylic acid groups (broad SMARTS) is 2. The van der Waals surface area contributed by atoms with Gasteiger partial charge in [-0.2, -0.15) is 0 Å². The summed E-state index contributed by atoms with van der Waals surface area (Å²) in [5.74, 6) is -1.05. The Bertz CT molecular complexity index is 893. The second-order valence-electron chi connectivity index (χ2n) is 10.8. The van der Waals surface area contributed by atoms with Crippen molar-refractivity contribution in [1.82, 2.24) is 9.80 Å². The summed E-state index contributed by atoms with van der Waals surface area (Å²) in [6.45, 7) is 9.66. The molecule has 4 rings (SSSR count). The van der Waals surface area contributed by atoms with E-state index in [0.717, 1.165) is 5.56 Å². The Balaban J connectivity index is 1.54. The lowest BCUT2D eigenvalue weighted by molar-refractivity contribution is -0.152. The molecule has 1 amide bonds. The summed E-state index contributed by atoms with van der Waals surface area (Å²) in [5, 5.41) is 20.3. The molecule has 1 aromatic carbocycles. The van der Waals surface area contributed by atoms with Crippen LogP contribution >= 0.6 is 0 Å². The van der Waals surface area contributed by atoms with Crippen LogP contribution in [0.2, 0.25) is 6.32 Å². The highest BCUT2D eigenvalue weighted by Crippen LogP contribution is 2.55. The van der Waals surface area contributed by atoms with Gasteiger partial charge in [0.15, 0.2) is 5.54 Å². The van der Waals surface area contributed by atoms with Crippen LogP contribution in [0.1, 0.15) is 52.5 Å². The zero-order valence-electron chi connectivity index (χ0n) is 20.0. The van der Waals surface area contributed by atoms with Gasteiger partial charge in [0.2, 0.25) is 0 Å². The average Bonchev–Trinajstić information content (AvgIpc) is 3.26. The number of carbonyl (C=O) groups is 2. The highest BCUT2D eigenvalue weighted by atomic mass is 16.7. The van der Waals surface area contributed by atoms with Crippen molar-refractivity contribution in [3.05, 3.63) is 35.9 Å². The van der Waals surface area contributed by atoms with E-state index in [1.54, 1.807) is 0 Å². The van der Waals surface area contributed by atoms with Crippen LogP contribution in [0.15, 0.2) is 30.3 Å². The number of benzene rings is 1. The summed E-state index contributed by atoms with van der Waals surface area (Å²) in [6, 6.07) is 9.90. The first-order chi connectivity index (χ1) is 15.4. The summed E-state index contributed by atoms with van der Waals surface area (Å²) in [4.78, 5) is 28.1. The van der Waals surface area contributed by atoms with E-state index in [1.165, 1.54) is 4.90 Å². The molecule has 3 aliphatic rings. The molecule has 3 aliphatic heterocycles. The number of carboxylic acids is 1. The smallest absolute Gasteiger partial charge is 0.457 e. The third-order valence-electron chi connectivity index (χ3n) is 8.36. The first-order valence-corrected chi connectivity index (χ1v) is 11.8. The maximum absolute atomic E-state index is 12.7. The molecule has 1 aromatic rings. The Morgan fingerprint density at radius 3 is 2.24 bits per heavy atom. The number of hydrogen-bond acceptors (Lipinski definition) is 5. The number of hydrogen-bond donors (Lipinski definition) is 2. The van der Waals surface area contributed by atoms with Gasteiger partial charge in [0.05, 0.1) is 11.2 Å². The molecule has 0 unspecified atom stereocenters. The normalized spacial score (nSPS) is 30.5. The minimum absolute atomic E-state index is 0.194. The van der Waals surface area contributed by atoms with E-state index in [-0.39, 0.29) is 20.2 Å². The van der Waals surface area contributed by atoms with Gasteiger partial charge >= 0.3 is 19.2 Å². The maximum Gasteiger partial charge on any atom is 0.457 e. The lowest BCUT2D eigenvalue weighted by Gasteiger charge is -2.39. The number of aliphatic carboxylic acids is 1. The predicted molar refractivity (Wildman–Crippen MR) is 124 cm³/mol. The first kappa shape index (κ1) is 24.0. The van der Waals surface area contributed by atoms with Gasteiger partial charge in [-0.05, 0) is 52.4 Å². The van der Waals surface area contributed by atoms with Gasteiger partial charge in [-0.3, -0.25) is 9.80 Å². The van der Waals surface area contributed by atoms with Gasteiger partial charge in [0, 0.05) is 31.6 Å². The third kappa shape index (κ3) is 3.94.